The molecular formula is C23H26ClN3O3. The van der Waals surface area contributed by atoms with E-state index in [1.807, 2.05) is 56.3 Å². The number of rotatable bonds is 7. The van der Waals surface area contributed by atoms with Crippen LogP contribution in [0.3, 0.4) is 0 Å². The van der Waals surface area contributed by atoms with E-state index in [1.165, 1.54) is 0 Å². The molecule has 0 bridgehead atoms. The van der Waals surface area contributed by atoms with Gasteiger partial charge in [0.25, 0.3) is 5.91 Å². The number of amides is 1. The summed E-state index contributed by atoms with van der Waals surface area (Å²) in [7, 11) is 4.97. The molecule has 2 aromatic carbocycles. The standard InChI is InChI=1S/C23H26ClN3O3/c1-15(2)22-19(13-25-27(22)18-8-6-7-17(24)12-18)23(28)26(3)14-16-9-10-20(29-4)21(11-16)30-5/h6-13,15H,14H2,1-5H3. The Hall–Kier alpha value is -2.99. The van der Waals surface area contributed by atoms with Crippen molar-refractivity contribution < 1.29 is 14.3 Å². The van der Waals surface area contributed by atoms with Crippen molar-refractivity contribution in [3.63, 3.8) is 0 Å². The van der Waals surface area contributed by atoms with Gasteiger partial charge in [0.1, 0.15) is 0 Å². The molecule has 30 heavy (non-hydrogen) atoms. The van der Waals surface area contributed by atoms with Crippen molar-refractivity contribution in [1.82, 2.24) is 14.7 Å². The molecule has 0 saturated carbocycles. The van der Waals surface area contributed by atoms with Gasteiger partial charge in [-0.25, -0.2) is 4.68 Å². The van der Waals surface area contributed by atoms with Gasteiger partial charge < -0.3 is 14.4 Å². The van der Waals surface area contributed by atoms with Crippen molar-refractivity contribution in [2.45, 2.75) is 26.3 Å². The summed E-state index contributed by atoms with van der Waals surface area (Å²) >= 11 is 6.15. The molecule has 0 aliphatic carbocycles. The minimum atomic E-state index is -0.0956. The Balaban J connectivity index is 1.89. The van der Waals surface area contributed by atoms with Gasteiger partial charge in [0.2, 0.25) is 0 Å². The van der Waals surface area contributed by atoms with E-state index in [-0.39, 0.29) is 11.8 Å². The van der Waals surface area contributed by atoms with Crippen molar-refractivity contribution >= 4 is 17.5 Å². The number of hydrogen-bond acceptors (Lipinski definition) is 4. The third kappa shape index (κ3) is 4.44. The lowest BCUT2D eigenvalue weighted by Crippen LogP contribution is -2.27. The molecule has 6 nitrogen and oxygen atoms in total. The normalized spacial score (nSPS) is 10.9. The average Bonchev–Trinajstić information content (AvgIpc) is 3.18. The molecule has 0 N–H and O–H groups in total. The summed E-state index contributed by atoms with van der Waals surface area (Å²) in [6.45, 7) is 4.52. The van der Waals surface area contributed by atoms with Crippen LogP contribution >= 0.6 is 11.6 Å². The molecule has 0 saturated heterocycles. The maximum atomic E-state index is 13.3. The van der Waals surface area contributed by atoms with Crippen LogP contribution in [0.5, 0.6) is 11.5 Å². The highest BCUT2D eigenvalue weighted by molar-refractivity contribution is 6.30. The van der Waals surface area contributed by atoms with Crippen LogP contribution < -0.4 is 9.47 Å². The second-order valence-corrected chi connectivity index (χ2v) is 7.78. The minimum Gasteiger partial charge on any atom is -0.493 e. The summed E-state index contributed by atoms with van der Waals surface area (Å²) in [5.74, 6) is 1.29. The summed E-state index contributed by atoms with van der Waals surface area (Å²) in [5.41, 5.74) is 3.19. The third-order valence-electron chi connectivity index (χ3n) is 4.85. The lowest BCUT2D eigenvalue weighted by molar-refractivity contribution is 0.0783. The molecule has 0 spiro atoms. The van der Waals surface area contributed by atoms with Gasteiger partial charge in [0.15, 0.2) is 11.5 Å². The summed E-state index contributed by atoms with van der Waals surface area (Å²) in [6.07, 6.45) is 1.63. The van der Waals surface area contributed by atoms with Crippen molar-refractivity contribution in [3.8, 4) is 17.2 Å². The fourth-order valence-electron chi connectivity index (χ4n) is 3.42. The van der Waals surface area contributed by atoms with Crippen LogP contribution in [-0.2, 0) is 6.54 Å². The first-order valence-electron chi connectivity index (χ1n) is 9.66. The lowest BCUT2D eigenvalue weighted by atomic mass is 10.0. The van der Waals surface area contributed by atoms with E-state index < -0.39 is 0 Å². The van der Waals surface area contributed by atoms with E-state index in [1.54, 1.807) is 37.0 Å². The van der Waals surface area contributed by atoms with Gasteiger partial charge in [0.05, 0.1) is 37.4 Å². The molecular weight excluding hydrogens is 402 g/mol. The predicted octanol–water partition coefficient (Wildman–Crippen LogP) is 4.94. The van der Waals surface area contributed by atoms with E-state index in [0.717, 1.165) is 16.9 Å². The number of carbonyl (C=O) groups is 1. The molecule has 3 aromatic rings. The van der Waals surface area contributed by atoms with Crippen molar-refractivity contribution in [1.29, 1.82) is 0 Å². The first-order valence-corrected chi connectivity index (χ1v) is 10.0. The van der Waals surface area contributed by atoms with Crippen molar-refractivity contribution in [2.24, 2.45) is 0 Å². The molecule has 1 heterocycles. The number of hydrogen-bond donors (Lipinski definition) is 0. The van der Waals surface area contributed by atoms with Gasteiger partial charge in [-0.2, -0.15) is 5.10 Å². The zero-order valence-corrected chi connectivity index (χ0v) is 18.6. The quantitative estimate of drug-likeness (QED) is 0.536. The van der Waals surface area contributed by atoms with Gasteiger partial charge >= 0.3 is 0 Å². The average molecular weight is 428 g/mol. The molecule has 0 aliphatic rings. The fourth-order valence-corrected chi connectivity index (χ4v) is 3.61. The highest BCUT2D eigenvalue weighted by atomic mass is 35.5. The zero-order chi connectivity index (χ0) is 21.8. The van der Waals surface area contributed by atoms with Crippen LogP contribution in [0.2, 0.25) is 5.02 Å². The Kier molecular flexibility index (Phi) is 6.67. The Morgan fingerprint density at radius 3 is 2.50 bits per heavy atom. The van der Waals surface area contributed by atoms with Gasteiger partial charge in [-0.05, 0) is 41.8 Å². The Labute approximate surface area is 182 Å². The number of nitrogens with zero attached hydrogens (tertiary/aromatic N) is 3. The summed E-state index contributed by atoms with van der Waals surface area (Å²) in [4.78, 5) is 14.9. The summed E-state index contributed by atoms with van der Waals surface area (Å²) < 4.78 is 12.4. The van der Waals surface area contributed by atoms with Gasteiger partial charge in [-0.15, -0.1) is 0 Å². The largest absolute Gasteiger partial charge is 0.493 e. The van der Waals surface area contributed by atoms with Crippen molar-refractivity contribution in [2.75, 3.05) is 21.3 Å². The Bertz CT molecular complexity index is 1050. The number of carbonyl (C=O) groups excluding carboxylic acids is 1. The highest BCUT2D eigenvalue weighted by Crippen LogP contribution is 2.29. The van der Waals surface area contributed by atoms with Gasteiger partial charge in [0, 0.05) is 18.6 Å². The third-order valence-corrected chi connectivity index (χ3v) is 5.09. The Morgan fingerprint density at radius 2 is 1.87 bits per heavy atom. The highest BCUT2D eigenvalue weighted by Gasteiger charge is 2.23. The SMILES string of the molecule is COc1ccc(CN(C)C(=O)c2cnn(-c3cccc(Cl)c3)c2C(C)C)cc1OC. The topological polar surface area (TPSA) is 56.6 Å². The molecule has 0 radical (unpaired) electrons. The van der Waals surface area contributed by atoms with Crippen LogP contribution in [0.15, 0.2) is 48.7 Å². The number of halogens is 1. The molecule has 3 rings (SSSR count). The number of ether oxygens (including phenoxy) is 2. The van der Waals surface area contributed by atoms with E-state index >= 15 is 0 Å². The molecule has 0 atom stereocenters. The molecule has 7 heteroatoms. The lowest BCUT2D eigenvalue weighted by Gasteiger charge is -2.20. The first-order chi connectivity index (χ1) is 14.3. The second kappa shape index (κ2) is 9.22. The van der Waals surface area contributed by atoms with Crippen molar-refractivity contribution in [3.05, 3.63) is 70.5 Å². The smallest absolute Gasteiger partial charge is 0.257 e. The monoisotopic (exact) mass is 427 g/mol. The molecule has 1 amide bonds. The first kappa shape index (κ1) is 21.7. The summed E-state index contributed by atoms with van der Waals surface area (Å²) in [6, 6.07) is 13.1. The van der Waals surface area contributed by atoms with Crippen LogP contribution in [0.1, 0.15) is 41.4 Å². The van der Waals surface area contributed by atoms with E-state index in [0.29, 0.717) is 28.6 Å². The van der Waals surface area contributed by atoms with Gasteiger partial charge in [-0.1, -0.05) is 37.6 Å². The minimum absolute atomic E-state index is 0.0956. The van der Waals surface area contributed by atoms with Gasteiger partial charge in [-0.3, -0.25) is 4.79 Å². The molecule has 0 unspecified atom stereocenters. The van der Waals surface area contributed by atoms with E-state index in [9.17, 15) is 4.79 Å². The fraction of sp³-hybridized carbons (Fsp3) is 0.304. The second-order valence-electron chi connectivity index (χ2n) is 7.34. The van der Waals surface area contributed by atoms with Crippen LogP contribution in [0, 0.1) is 0 Å². The maximum Gasteiger partial charge on any atom is 0.257 e. The molecule has 0 fully saturated rings. The van der Waals surface area contributed by atoms with Crippen LogP contribution in [-0.4, -0.2) is 41.9 Å². The number of aromatic nitrogens is 2. The van der Waals surface area contributed by atoms with Crippen LogP contribution in [0.25, 0.3) is 5.69 Å². The maximum absolute atomic E-state index is 13.3. The van der Waals surface area contributed by atoms with Crippen LogP contribution in [0.4, 0.5) is 0 Å². The Morgan fingerprint density at radius 1 is 1.13 bits per heavy atom. The molecule has 1 aromatic heterocycles. The predicted molar refractivity (Wildman–Crippen MR) is 118 cm³/mol. The van der Waals surface area contributed by atoms with E-state index in [2.05, 4.69) is 5.10 Å². The number of benzene rings is 2. The number of methoxy groups -OCH3 is 2. The zero-order valence-electron chi connectivity index (χ0n) is 17.8. The van der Waals surface area contributed by atoms with E-state index in [4.69, 9.17) is 21.1 Å². The molecule has 158 valence electrons. The molecule has 0 aliphatic heterocycles. The summed E-state index contributed by atoms with van der Waals surface area (Å²) in [5, 5.41) is 5.10.